The first-order chi connectivity index (χ1) is 10.3. The Labute approximate surface area is 133 Å². The zero-order valence-electron chi connectivity index (χ0n) is 12.8. The van der Waals surface area contributed by atoms with E-state index in [-0.39, 0.29) is 0 Å². The van der Waals surface area contributed by atoms with Crippen molar-refractivity contribution in [1.82, 2.24) is 0 Å². The van der Waals surface area contributed by atoms with Crippen LogP contribution in [0.2, 0.25) is 0 Å². The lowest BCUT2D eigenvalue weighted by Gasteiger charge is -2.28. The molecule has 1 aliphatic rings. The van der Waals surface area contributed by atoms with Crippen molar-refractivity contribution in [3.63, 3.8) is 0 Å². The van der Waals surface area contributed by atoms with Crippen molar-refractivity contribution in [2.45, 2.75) is 55.1 Å². The number of rotatable bonds is 4. The summed E-state index contributed by atoms with van der Waals surface area (Å²) in [6.07, 6.45) is 6.52. The van der Waals surface area contributed by atoms with Gasteiger partial charge in [-0.1, -0.05) is 49.4 Å². The van der Waals surface area contributed by atoms with Crippen LogP contribution in [0.3, 0.4) is 0 Å². The molecule has 0 N–H and O–H groups in total. The molecule has 2 aromatic rings. The van der Waals surface area contributed by atoms with Crippen LogP contribution in [0, 0.1) is 0 Å². The molecule has 0 unspecified atom stereocenters. The van der Waals surface area contributed by atoms with Gasteiger partial charge in [0.25, 0.3) is 0 Å². The number of hydrogen-bond donors (Lipinski definition) is 0. The number of aryl methyl sites for hydroxylation is 1. The molecular weight excluding hydrogens is 272 g/mol. The maximum Gasteiger partial charge on any atom is 0.00948 e. The molecule has 21 heavy (non-hydrogen) atoms. The molecule has 0 spiro atoms. The Morgan fingerprint density at radius 3 is 2.14 bits per heavy atom. The standard InChI is InChI=1S/C20H24S/c1-2-16-8-10-17(11-9-16)18-12-14-20(15-13-18)21-19-6-4-3-5-7-19/h3-11,18,20H,2,12-15H2,1H3. The molecule has 0 nitrogen and oxygen atoms in total. The SMILES string of the molecule is CCc1ccc(C2CCC(Sc3ccccc3)CC2)cc1. The van der Waals surface area contributed by atoms with Gasteiger partial charge >= 0.3 is 0 Å². The fourth-order valence-electron chi connectivity index (χ4n) is 3.23. The predicted octanol–water partition coefficient (Wildman–Crippen LogP) is 6.07. The summed E-state index contributed by atoms with van der Waals surface area (Å²) >= 11 is 2.07. The van der Waals surface area contributed by atoms with Crippen molar-refractivity contribution < 1.29 is 0 Å². The Kier molecular flexibility index (Phi) is 5.03. The van der Waals surface area contributed by atoms with Gasteiger partial charge in [0.15, 0.2) is 0 Å². The van der Waals surface area contributed by atoms with E-state index in [0.29, 0.717) is 0 Å². The zero-order chi connectivity index (χ0) is 14.5. The Morgan fingerprint density at radius 1 is 0.857 bits per heavy atom. The predicted molar refractivity (Wildman–Crippen MR) is 93.1 cm³/mol. The molecule has 0 aromatic heterocycles. The molecule has 1 aliphatic carbocycles. The van der Waals surface area contributed by atoms with E-state index in [1.165, 1.54) is 36.1 Å². The van der Waals surface area contributed by atoms with E-state index in [9.17, 15) is 0 Å². The highest BCUT2D eigenvalue weighted by atomic mass is 32.2. The fraction of sp³-hybridized carbons (Fsp3) is 0.400. The monoisotopic (exact) mass is 296 g/mol. The van der Waals surface area contributed by atoms with Gasteiger partial charge in [-0.15, -0.1) is 11.8 Å². The van der Waals surface area contributed by atoms with Gasteiger partial charge in [0.1, 0.15) is 0 Å². The van der Waals surface area contributed by atoms with Crippen LogP contribution >= 0.6 is 11.8 Å². The van der Waals surface area contributed by atoms with Crippen LogP contribution in [0.1, 0.15) is 49.7 Å². The second kappa shape index (κ2) is 7.17. The highest BCUT2D eigenvalue weighted by Gasteiger charge is 2.22. The van der Waals surface area contributed by atoms with Crippen molar-refractivity contribution in [2.24, 2.45) is 0 Å². The lowest BCUT2D eigenvalue weighted by Crippen LogP contribution is -2.15. The van der Waals surface area contributed by atoms with E-state index < -0.39 is 0 Å². The summed E-state index contributed by atoms with van der Waals surface area (Å²) < 4.78 is 0. The summed E-state index contributed by atoms with van der Waals surface area (Å²) in [5.74, 6) is 0.781. The topological polar surface area (TPSA) is 0 Å². The number of hydrogen-bond acceptors (Lipinski definition) is 1. The van der Waals surface area contributed by atoms with E-state index in [2.05, 4.69) is 73.3 Å². The second-order valence-corrected chi connectivity index (χ2v) is 7.37. The van der Waals surface area contributed by atoms with Crippen molar-refractivity contribution in [3.8, 4) is 0 Å². The molecule has 0 aliphatic heterocycles. The lowest BCUT2D eigenvalue weighted by atomic mass is 9.83. The molecule has 1 saturated carbocycles. The molecule has 3 rings (SSSR count). The van der Waals surface area contributed by atoms with Gasteiger partial charge in [0.2, 0.25) is 0 Å². The minimum Gasteiger partial charge on any atom is -0.123 e. The normalized spacial score (nSPS) is 22.1. The van der Waals surface area contributed by atoms with Gasteiger partial charge < -0.3 is 0 Å². The van der Waals surface area contributed by atoms with Crippen LogP contribution in [0.15, 0.2) is 59.5 Å². The summed E-state index contributed by atoms with van der Waals surface area (Å²) in [5.41, 5.74) is 3.00. The summed E-state index contributed by atoms with van der Waals surface area (Å²) in [5, 5.41) is 0.804. The summed E-state index contributed by atoms with van der Waals surface area (Å²) in [7, 11) is 0. The molecule has 0 heterocycles. The lowest BCUT2D eigenvalue weighted by molar-refractivity contribution is 0.453. The first kappa shape index (κ1) is 14.7. The highest BCUT2D eigenvalue weighted by molar-refractivity contribution is 8.00. The molecule has 1 heteroatoms. The molecule has 0 atom stereocenters. The van der Waals surface area contributed by atoms with Crippen LogP contribution < -0.4 is 0 Å². The van der Waals surface area contributed by atoms with Crippen LogP contribution in [0.4, 0.5) is 0 Å². The van der Waals surface area contributed by atoms with Crippen molar-refractivity contribution in [1.29, 1.82) is 0 Å². The third-order valence-electron chi connectivity index (χ3n) is 4.58. The Bertz CT molecular complexity index is 536. The van der Waals surface area contributed by atoms with Gasteiger partial charge in [-0.05, 0) is 61.3 Å². The van der Waals surface area contributed by atoms with Gasteiger partial charge in [-0.3, -0.25) is 0 Å². The number of thioether (sulfide) groups is 1. The molecule has 0 saturated heterocycles. The summed E-state index contributed by atoms with van der Waals surface area (Å²) in [6, 6.07) is 20.2. The molecule has 0 amide bonds. The van der Waals surface area contributed by atoms with Gasteiger partial charge in [-0.25, -0.2) is 0 Å². The van der Waals surface area contributed by atoms with Crippen molar-refractivity contribution in [2.75, 3.05) is 0 Å². The maximum absolute atomic E-state index is 2.36. The van der Waals surface area contributed by atoms with Gasteiger partial charge in [0.05, 0.1) is 0 Å². The van der Waals surface area contributed by atoms with E-state index in [4.69, 9.17) is 0 Å². The van der Waals surface area contributed by atoms with Crippen LogP contribution in [-0.4, -0.2) is 5.25 Å². The van der Waals surface area contributed by atoms with E-state index in [0.717, 1.165) is 17.6 Å². The molecule has 110 valence electrons. The van der Waals surface area contributed by atoms with E-state index >= 15 is 0 Å². The van der Waals surface area contributed by atoms with Crippen molar-refractivity contribution in [3.05, 3.63) is 65.7 Å². The van der Waals surface area contributed by atoms with Gasteiger partial charge in [-0.2, -0.15) is 0 Å². The van der Waals surface area contributed by atoms with E-state index in [1.54, 1.807) is 5.56 Å². The molecule has 0 bridgehead atoms. The van der Waals surface area contributed by atoms with Gasteiger partial charge in [0, 0.05) is 10.1 Å². The minimum atomic E-state index is 0.781. The quantitative estimate of drug-likeness (QED) is 0.660. The molecule has 2 aromatic carbocycles. The third kappa shape index (κ3) is 3.91. The molecule has 1 fully saturated rings. The largest absolute Gasteiger partial charge is 0.123 e. The summed E-state index contributed by atoms with van der Waals surface area (Å²) in [4.78, 5) is 1.42. The Hall–Kier alpha value is -1.21. The Balaban J connectivity index is 1.54. The first-order valence-electron chi connectivity index (χ1n) is 8.15. The zero-order valence-corrected chi connectivity index (χ0v) is 13.6. The average molecular weight is 296 g/mol. The smallest absolute Gasteiger partial charge is 0.00948 e. The van der Waals surface area contributed by atoms with Crippen molar-refractivity contribution >= 4 is 11.8 Å². The second-order valence-electron chi connectivity index (χ2n) is 6.00. The highest BCUT2D eigenvalue weighted by Crippen LogP contribution is 2.39. The maximum atomic E-state index is 2.36. The molecular formula is C20H24S. The Morgan fingerprint density at radius 2 is 1.52 bits per heavy atom. The van der Waals surface area contributed by atoms with Crippen LogP contribution in [0.5, 0.6) is 0 Å². The minimum absolute atomic E-state index is 0.781. The fourth-order valence-corrected chi connectivity index (χ4v) is 4.44. The summed E-state index contributed by atoms with van der Waals surface area (Å²) in [6.45, 7) is 2.22. The van der Waals surface area contributed by atoms with Crippen LogP contribution in [-0.2, 0) is 6.42 Å². The number of benzene rings is 2. The average Bonchev–Trinajstić information content (AvgIpc) is 2.57. The van der Waals surface area contributed by atoms with E-state index in [1.807, 2.05) is 0 Å². The van der Waals surface area contributed by atoms with Crippen LogP contribution in [0.25, 0.3) is 0 Å². The first-order valence-corrected chi connectivity index (χ1v) is 9.03. The molecule has 0 radical (unpaired) electrons. The third-order valence-corrected chi connectivity index (χ3v) is 5.93.